The number of hydrogen-bond donors (Lipinski definition) is 1. The zero-order valence-electron chi connectivity index (χ0n) is 15.9. The van der Waals surface area contributed by atoms with Crippen LogP contribution in [0.15, 0.2) is 74.4 Å². The molecule has 0 aliphatic heterocycles. The summed E-state index contributed by atoms with van der Waals surface area (Å²) in [7, 11) is 1.87. The third-order valence-electron chi connectivity index (χ3n) is 4.08. The lowest BCUT2D eigenvalue weighted by atomic mass is 10.2. The Morgan fingerprint density at radius 3 is 2.69 bits per heavy atom. The van der Waals surface area contributed by atoms with Gasteiger partial charge in [0.05, 0.1) is 30.6 Å². The second-order valence-electron chi connectivity index (χ2n) is 6.44. The van der Waals surface area contributed by atoms with E-state index in [2.05, 4.69) is 27.3 Å². The van der Waals surface area contributed by atoms with Gasteiger partial charge in [-0.1, -0.05) is 40.2 Å². The van der Waals surface area contributed by atoms with E-state index in [1.54, 1.807) is 0 Å². The van der Waals surface area contributed by atoms with Gasteiger partial charge in [0, 0.05) is 14.9 Å². The van der Waals surface area contributed by atoms with E-state index in [9.17, 15) is 4.79 Å². The minimum absolute atomic E-state index is 0.114. The zero-order chi connectivity index (χ0) is 20.6. The Bertz CT molecular complexity index is 1010. The van der Waals surface area contributed by atoms with E-state index in [0.29, 0.717) is 12.3 Å². The first-order chi connectivity index (χ1) is 14.0. The van der Waals surface area contributed by atoms with Crippen LogP contribution < -0.4 is 5.32 Å². The highest BCUT2D eigenvalue weighted by Gasteiger charge is 2.12. The molecule has 1 aromatic heterocycles. The summed E-state index contributed by atoms with van der Waals surface area (Å²) < 4.78 is 6.94. The van der Waals surface area contributed by atoms with Crippen molar-refractivity contribution in [3.8, 4) is 17.4 Å². The van der Waals surface area contributed by atoms with Crippen LogP contribution in [0.2, 0.25) is 0 Å². The molecule has 0 spiro atoms. The van der Waals surface area contributed by atoms with Crippen molar-refractivity contribution in [3.05, 3.63) is 70.9 Å². The van der Waals surface area contributed by atoms with Gasteiger partial charge in [-0.3, -0.25) is 9.69 Å². The van der Waals surface area contributed by atoms with Gasteiger partial charge < -0.3 is 9.73 Å². The molecule has 1 heterocycles. The fraction of sp³-hybridized carbons (Fsp3) is 0.182. The predicted octanol–water partition coefficient (Wildman–Crippen LogP) is 5.40. The molecular formula is C22H20BrN3O2S. The molecule has 1 N–H and O–H groups in total. The number of nitriles is 1. The molecule has 3 aromatic rings. The number of amides is 1. The standard InChI is InChI=1S/C22H20BrN3O2S/c1-26(14-18-10-11-20(28-18)16-6-8-17(23)9-7-16)15-22(27)25-19-4-2-3-5-21(19)29-13-12-24/h2-11H,13-15H2,1H3,(H,25,27). The number of rotatable bonds is 8. The maximum absolute atomic E-state index is 12.4. The minimum atomic E-state index is -0.114. The van der Waals surface area contributed by atoms with Crippen LogP contribution in [0.1, 0.15) is 5.76 Å². The van der Waals surface area contributed by atoms with Crippen molar-refractivity contribution in [2.45, 2.75) is 11.4 Å². The number of halogens is 1. The summed E-state index contributed by atoms with van der Waals surface area (Å²) in [5.74, 6) is 1.82. The Kier molecular flexibility index (Phi) is 7.53. The van der Waals surface area contributed by atoms with Gasteiger partial charge in [-0.05, 0) is 43.4 Å². The van der Waals surface area contributed by atoms with E-state index in [4.69, 9.17) is 9.68 Å². The van der Waals surface area contributed by atoms with Gasteiger partial charge >= 0.3 is 0 Å². The molecule has 0 aliphatic rings. The normalized spacial score (nSPS) is 10.7. The number of anilines is 1. The lowest BCUT2D eigenvalue weighted by Crippen LogP contribution is -2.29. The first-order valence-electron chi connectivity index (χ1n) is 8.97. The molecule has 5 nitrogen and oxygen atoms in total. The van der Waals surface area contributed by atoms with Gasteiger partial charge in [0.25, 0.3) is 0 Å². The van der Waals surface area contributed by atoms with Gasteiger partial charge in [-0.25, -0.2) is 0 Å². The highest BCUT2D eigenvalue weighted by Crippen LogP contribution is 2.27. The van der Waals surface area contributed by atoms with Crippen molar-refractivity contribution in [3.63, 3.8) is 0 Å². The van der Waals surface area contributed by atoms with E-state index in [1.165, 1.54) is 11.8 Å². The summed E-state index contributed by atoms with van der Waals surface area (Å²) >= 11 is 4.83. The quantitative estimate of drug-likeness (QED) is 0.447. The fourth-order valence-electron chi connectivity index (χ4n) is 2.79. The average Bonchev–Trinajstić information content (AvgIpc) is 3.16. The van der Waals surface area contributed by atoms with Crippen LogP contribution in [0.25, 0.3) is 11.3 Å². The fourth-order valence-corrected chi connectivity index (χ4v) is 3.73. The molecule has 0 radical (unpaired) electrons. The van der Waals surface area contributed by atoms with Gasteiger partial charge in [0.15, 0.2) is 0 Å². The van der Waals surface area contributed by atoms with Gasteiger partial charge in [0.1, 0.15) is 11.5 Å². The third-order valence-corrected chi connectivity index (χ3v) is 5.55. The number of hydrogen-bond acceptors (Lipinski definition) is 5. The second-order valence-corrected chi connectivity index (χ2v) is 8.37. The summed E-state index contributed by atoms with van der Waals surface area (Å²) in [5, 5.41) is 11.7. The van der Waals surface area contributed by atoms with Gasteiger partial charge in [-0.15, -0.1) is 11.8 Å². The number of benzene rings is 2. The lowest BCUT2D eigenvalue weighted by molar-refractivity contribution is -0.117. The number of likely N-dealkylation sites (N-methyl/N-ethyl adjacent to an activating group) is 1. The van der Waals surface area contributed by atoms with Crippen molar-refractivity contribution in [2.24, 2.45) is 0 Å². The van der Waals surface area contributed by atoms with Gasteiger partial charge in [0.2, 0.25) is 5.91 Å². The number of carbonyl (C=O) groups excluding carboxylic acids is 1. The minimum Gasteiger partial charge on any atom is -0.460 e. The zero-order valence-corrected chi connectivity index (χ0v) is 18.3. The monoisotopic (exact) mass is 469 g/mol. The number of furan rings is 1. The molecule has 0 saturated carbocycles. The molecule has 0 saturated heterocycles. The van der Waals surface area contributed by atoms with E-state index in [0.717, 1.165) is 32.1 Å². The largest absolute Gasteiger partial charge is 0.460 e. The summed E-state index contributed by atoms with van der Waals surface area (Å²) in [6, 6.07) is 21.4. The molecule has 7 heteroatoms. The smallest absolute Gasteiger partial charge is 0.238 e. The SMILES string of the molecule is CN(CC(=O)Nc1ccccc1SCC#N)Cc1ccc(-c2ccc(Br)cc2)o1. The highest BCUT2D eigenvalue weighted by atomic mass is 79.9. The van der Waals surface area contributed by atoms with Crippen LogP contribution in [-0.2, 0) is 11.3 Å². The van der Waals surface area contributed by atoms with Crippen LogP contribution in [0.5, 0.6) is 0 Å². The Hall–Kier alpha value is -2.53. The number of carbonyl (C=O) groups is 1. The topological polar surface area (TPSA) is 69.3 Å². The molecule has 148 valence electrons. The van der Waals surface area contributed by atoms with Crippen LogP contribution in [0.4, 0.5) is 5.69 Å². The molecule has 3 rings (SSSR count). The van der Waals surface area contributed by atoms with Crippen LogP contribution in [0.3, 0.4) is 0 Å². The third kappa shape index (κ3) is 6.23. The Morgan fingerprint density at radius 1 is 1.17 bits per heavy atom. The molecule has 0 unspecified atom stereocenters. The number of para-hydroxylation sites is 1. The second kappa shape index (κ2) is 10.3. The van der Waals surface area contributed by atoms with Crippen LogP contribution in [-0.4, -0.2) is 30.2 Å². The summed E-state index contributed by atoms with van der Waals surface area (Å²) in [4.78, 5) is 15.2. The summed E-state index contributed by atoms with van der Waals surface area (Å²) in [6.45, 7) is 0.750. The molecule has 0 fully saturated rings. The van der Waals surface area contributed by atoms with Crippen molar-refractivity contribution >= 4 is 39.3 Å². The Balaban J connectivity index is 1.56. The number of nitrogens with one attached hydrogen (secondary N) is 1. The van der Waals surface area contributed by atoms with Crippen molar-refractivity contribution in [2.75, 3.05) is 24.7 Å². The Labute approximate surface area is 182 Å². The van der Waals surface area contributed by atoms with E-state index in [-0.39, 0.29) is 12.5 Å². The maximum Gasteiger partial charge on any atom is 0.238 e. The molecule has 2 aromatic carbocycles. The summed E-state index contributed by atoms with van der Waals surface area (Å²) in [5.41, 5.74) is 1.73. The number of thioether (sulfide) groups is 1. The van der Waals surface area contributed by atoms with E-state index < -0.39 is 0 Å². The van der Waals surface area contributed by atoms with Gasteiger partial charge in [-0.2, -0.15) is 5.26 Å². The van der Waals surface area contributed by atoms with Crippen molar-refractivity contribution in [1.82, 2.24) is 4.90 Å². The first-order valence-corrected chi connectivity index (χ1v) is 10.7. The first kappa shape index (κ1) is 21.2. The molecule has 0 bridgehead atoms. The van der Waals surface area contributed by atoms with E-state index >= 15 is 0 Å². The maximum atomic E-state index is 12.4. The highest BCUT2D eigenvalue weighted by molar-refractivity contribution is 9.10. The molecule has 0 atom stereocenters. The predicted molar refractivity (Wildman–Crippen MR) is 120 cm³/mol. The van der Waals surface area contributed by atoms with Crippen LogP contribution in [0, 0.1) is 11.3 Å². The molecular weight excluding hydrogens is 450 g/mol. The average molecular weight is 470 g/mol. The lowest BCUT2D eigenvalue weighted by Gasteiger charge is -2.16. The van der Waals surface area contributed by atoms with Crippen molar-refractivity contribution < 1.29 is 9.21 Å². The van der Waals surface area contributed by atoms with Crippen molar-refractivity contribution in [1.29, 1.82) is 5.26 Å². The molecule has 1 amide bonds. The summed E-state index contributed by atoms with van der Waals surface area (Å²) in [6.07, 6.45) is 0. The molecule has 0 aliphatic carbocycles. The van der Waals surface area contributed by atoms with Crippen LogP contribution >= 0.6 is 27.7 Å². The Morgan fingerprint density at radius 2 is 1.93 bits per heavy atom. The molecule has 29 heavy (non-hydrogen) atoms. The number of nitrogens with zero attached hydrogens (tertiary/aromatic N) is 2. The van der Waals surface area contributed by atoms with E-state index in [1.807, 2.05) is 72.6 Å².